The molecule has 214 valence electrons. The molecule has 0 bridgehead atoms. The van der Waals surface area contributed by atoms with Gasteiger partial charge in [0.15, 0.2) is 0 Å². The lowest BCUT2D eigenvalue weighted by molar-refractivity contribution is -0.140. The number of rotatable bonds is 13. The van der Waals surface area contributed by atoms with Gasteiger partial charge in [-0.3, -0.25) is 13.9 Å². The number of anilines is 1. The van der Waals surface area contributed by atoms with Crippen molar-refractivity contribution < 1.29 is 22.7 Å². The second-order valence-corrected chi connectivity index (χ2v) is 11.6. The molecular weight excluding hydrogens is 526 g/mol. The Morgan fingerprint density at radius 1 is 0.925 bits per heavy atom. The smallest absolute Gasteiger partial charge is 0.264 e. The monoisotopic (exact) mass is 565 g/mol. The van der Waals surface area contributed by atoms with Gasteiger partial charge in [0.25, 0.3) is 10.0 Å². The van der Waals surface area contributed by atoms with Crippen LogP contribution in [0.1, 0.15) is 43.4 Å². The van der Waals surface area contributed by atoms with Crippen molar-refractivity contribution in [2.24, 2.45) is 0 Å². The SMILES string of the molecule is CCCNC(=O)[C@H](CC)N(Cc1cccc(C)c1)C(=O)CN(c1ccccc1OC)S(=O)(=O)c1ccc(C)cc1. The van der Waals surface area contributed by atoms with Crippen molar-refractivity contribution in [2.75, 3.05) is 24.5 Å². The van der Waals surface area contributed by atoms with Crippen LogP contribution in [0.4, 0.5) is 5.69 Å². The van der Waals surface area contributed by atoms with Gasteiger partial charge < -0.3 is 15.0 Å². The van der Waals surface area contributed by atoms with Crippen molar-refractivity contribution in [1.82, 2.24) is 10.2 Å². The molecule has 40 heavy (non-hydrogen) atoms. The van der Waals surface area contributed by atoms with Crippen LogP contribution in [0, 0.1) is 13.8 Å². The molecule has 0 spiro atoms. The van der Waals surface area contributed by atoms with Gasteiger partial charge >= 0.3 is 0 Å². The van der Waals surface area contributed by atoms with Gasteiger partial charge in [0.1, 0.15) is 18.3 Å². The fourth-order valence-corrected chi connectivity index (χ4v) is 5.90. The maximum absolute atomic E-state index is 14.1. The lowest BCUT2D eigenvalue weighted by Crippen LogP contribution is -2.52. The molecule has 0 saturated heterocycles. The molecule has 1 atom stereocenters. The van der Waals surface area contributed by atoms with Crippen molar-refractivity contribution in [3.63, 3.8) is 0 Å². The molecule has 3 rings (SSSR count). The highest BCUT2D eigenvalue weighted by Crippen LogP contribution is 2.32. The minimum absolute atomic E-state index is 0.0507. The van der Waals surface area contributed by atoms with Gasteiger partial charge in [-0.2, -0.15) is 0 Å². The van der Waals surface area contributed by atoms with Gasteiger partial charge in [-0.1, -0.05) is 73.5 Å². The number of ether oxygens (including phenoxy) is 1. The van der Waals surface area contributed by atoms with E-state index in [1.807, 2.05) is 52.0 Å². The summed E-state index contributed by atoms with van der Waals surface area (Å²) >= 11 is 0. The molecule has 0 aliphatic carbocycles. The van der Waals surface area contributed by atoms with Crippen molar-refractivity contribution in [1.29, 1.82) is 0 Å². The Balaban J connectivity index is 2.09. The lowest BCUT2D eigenvalue weighted by atomic mass is 10.1. The first kappa shape index (κ1) is 30.7. The molecule has 0 radical (unpaired) electrons. The predicted octanol–water partition coefficient (Wildman–Crippen LogP) is 4.84. The van der Waals surface area contributed by atoms with Crippen LogP contribution >= 0.6 is 0 Å². The lowest BCUT2D eigenvalue weighted by Gasteiger charge is -2.33. The average Bonchev–Trinajstić information content (AvgIpc) is 2.94. The third kappa shape index (κ3) is 7.41. The van der Waals surface area contributed by atoms with E-state index in [1.54, 1.807) is 36.4 Å². The third-order valence-electron chi connectivity index (χ3n) is 6.61. The standard InChI is InChI=1S/C31H39N3O5S/c1-6-19-32-31(36)27(7-2)33(21-25-12-10-11-24(4)20-25)30(35)22-34(28-13-8-9-14-29(28)39-5)40(37,38)26-17-15-23(3)16-18-26/h8-18,20,27H,6-7,19,21-22H2,1-5H3,(H,32,36)/t27-/m0/s1. The molecule has 3 aromatic carbocycles. The summed E-state index contributed by atoms with van der Waals surface area (Å²) in [7, 11) is -2.72. The zero-order valence-electron chi connectivity index (χ0n) is 23.9. The van der Waals surface area contributed by atoms with E-state index in [4.69, 9.17) is 4.74 Å². The summed E-state index contributed by atoms with van der Waals surface area (Å²) in [6.07, 6.45) is 1.12. The minimum Gasteiger partial charge on any atom is -0.495 e. The number of hydrogen-bond donors (Lipinski definition) is 1. The van der Waals surface area contributed by atoms with Crippen LogP contribution in [0.3, 0.4) is 0 Å². The van der Waals surface area contributed by atoms with Gasteiger partial charge in [-0.15, -0.1) is 0 Å². The second-order valence-electron chi connectivity index (χ2n) is 9.72. The number of methoxy groups -OCH3 is 1. The molecule has 0 aliphatic rings. The maximum Gasteiger partial charge on any atom is 0.264 e. The van der Waals surface area contributed by atoms with E-state index in [2.05, 4.69) is 5.32 Å². The van der Waals surface area contributed by atoms with Crippen LogP contribution in [-0.2, 0) is 26.2 Å². The molecule has 3 aromatic rings. The summed E-state index contributed by atoms with van der Waals surface area (Å²) in [4.78, 5) is 28.8. The number of benzene rings is 3. The van der Waals surface area contributed by atoms with E-state index in [0.717, 1.165) is 27.4 Å². The van der Waals surface area contributed by atoms with E-state index < -0.39 is 28.5 Å². The first-order chi connectivity index (χ1) is 19.1. The van der Waals surface area contributed by atoms with Gasteiger partial charge in [-0.25, -0.2) is 8.42 Å². The molecule has 2 amide bonds. The molecule has 1 N–H and O–H groups in total. The zero-order chi connectivity index (χ0) is 29.3. The fraction of sp³-hybridized carbons (Fsp3) is 0.355. The van der Waals surface area contributed by atoms with Gasteiger partial charge in [0, 0.05) is 13.1 Å². The molecule has 9 heteroatoms. The van der Waals surface area contributed by atoms with Crippen LogP contribution in [0.15, 0.2) is 77.7 Å². The largest absolute Gasteiger partial charge is 0.495 e. The molecule has 0 fully saturated rings. The summed E-state index contributed by atoms with van der Waals surface area (Å²) in [5.41, 5.74) is 3.01. The Morgan fingerprint density at radius 2 is 1.62 bits per heavy atom. The molecular formula is C31H39N3O5S. The first-order valence-corrected chi connectivity index (χ1v) is 14.9. The van der Waals surface area contributed by atoms with E-state index in [0.29, 0.717) is 18.7 Å². The normalized spacial score (nSPS) is 11.9. The van der Waals surface area contributed by atoms with Gasteiger partial charge in [0.2, 0.25) is 11.8 Å². The molecule has 0 aliphatic heterocycles. The number of nitrogens with zero attached hydrogens (tertiary/aromatic N) is 2. The molecule has 0 unspecified atom stereocenters. The summed E-state index contributed by atoms with van der Waals surface area (Å²) in [6, 6.07) is 20.1. The van der Waals surface area contributed by atoms with Crippen LogP contribution < -0.4 is 14.4 Å². The number of carbonyl (C=O) groups is 2. The maximum atomic E-state index is 14.1. The topological polar surface area (TPSA) is 96.0 Å². The Morgan fingerprint density at radius 3 is 2.25 bits per heavy atom. The van der Waals surface area contributed by atoms with Crippen LogP contribution in [0.5, 0.6) is 5.75 Å². The highest BCUT2D eigenvalue weighted by atomic mass is 32.2. The summed E-state index contributed by atoms with van der Waals surface area (Å²) < 4.78 is 34.6. The summed E-state index contributed by atoms with van der Waals surface area (Å²) in [5, 5.41) is 2.90. The van der Waals surface area contributed by atoms with Crippen molar-refractivity contribution in [3.05, 3.63) is 89.5 Å². The van der Waals surface area contributed by atoms with Crippen molar-refractivity contribution in [2.45, 2.75) is 58.0 Å². The highest BCUT2D eigenvalue weighted by molar-refractivity contribution is 7.92. The van der Waals surface area contributed by atoms with Gasteiger partial charge in [-0.05, 0) is 56.5 Å². The van der Waals surface area contributed by atoms with Crippen LogP contribution in [0.2, 0.25) is 0 Å². The number of nitrogens with one attached hydrogen (secondary N) is 1. The predicted molar refractivity (Wildman–Crippen MR) is 158 cm³/mol. The number of carbonyl (C=O) groups excluding carboxylic acids is 2. The number of aryl methyl sites for hydroxylation is 2. The summed E-state index contributed by atoms with van der Waals surface area (Å²) in [5.74, 6) is -0.457. The number of hydrogen-bond acceptors (Lipinski definition) is 5. The van der Waals surface area contributed by atoms with E-state index in [-0.39, 0.29) is 23.0 Å². The molecule has 0 saturated carbocycles. The van der Waals surface area contributed by atoms with E-state index in [9.17, 15) is 18.0 Å². The van der Waals surface area contributed by atoms with E-state index >= 15 is 0 Å². The first-order valence-electron chi connectivity index (χ1n) is 13.5. The number of para-hydroxylation sites is 2. The van der Waals surface area contributed by atoms with Crippen LogP contribution in [0.25, 0.3) is 0 Å². The Bertz CT molecular complexity index is 1410. The fourth-order valence-electron chi connectivity index (χ4n) is 4.48. The second kappa shape index (κ2) is 14.0. The molecule has 8 nitrogen and oxygen atoms in total. The zero-order valence-corrected chi connectivity index (χ0v) is 24.7. The van der Waals surface area contributed by atoms with Crippen LogP contribution in [-0.4, -0.2) is 51.4 Å². The summed E-state index contributed by atoms with van der Waals surface area (Å²) in [6.45, 7) is 7.75. The quantitative estimate of drug-likeness (QED) is 0.320. The average molecular weight is 566 g/mol. The molecule has 0 heterocycles. The van der Waals surface area contributed by atoms with E-state index in [1.165, 1.54) is 24.1 Å². The Kier molecular flexibility index (Phi) is 10.7. The number of amides is 2. The Labute approximate surface area is 238 Å². The molecule has 0 aromatic heterocycles. The third-order valence-corrected chi connectivity index (χ3v) is 8.39. The minimum atomic E-state index is -4.17. The number of sulfonamides is 1. The Hall–Kier alpha value is -3.85. The van der Waals surface area contributed by atoms with Crippen molar-refractivity contribution in [3.8, 4) is 5.75 Å². The van der Waals surface area contributed by atoms with Crippen molar-refractivity contribution >= 4 is 27.5 Å². The highest BCUT2D eigenvalue weighted by Gasteiger charge is 2.34. The van der Waals surface area contributed by atoms with Gasteiger partial charge in [0.05, 0.1) is 17.7 Å².